The Labute approximate surface area is 108 Å². The van der Waals surface area contributed by atoms with Crippen LogP contribution in [0.15, 0.2) is 30.3 Å². The molecule has 0 aromatic heterocycles. The van der Waals surface area contributed by atoms with Crippen molar-refractivity contribution >= 4 is 53.4 Å². The van der Waals surface area contributed by atoms with Crippen LogP contribution in [0, 0.1) is 0 Å². The molecule has 0 saturated carbocycles. The fourth-order valence-corrected chi connectivity index (χ4v) is 1.21. The quantitative estimate of drug-likeness (QED) is 0.522. The molecule has 6 heteroatoms. The van der Waals surface area contributed by atoms with E-state index in [9.17, 15) is 4.79 Å². The van der Waals surface area contributed by atoms with Gasteiger partial charge in [-0.2, -0.15) is 0 Å². The van der Waals surface area contributed by atoms with Crippen LogP contribution in [-0.2, 0) is 9.53 Å². The number of thiol groups is 1. The predicted octanol–water partition coefficient (Wildman–Crippen LogP) is 3.53. The first kappa shape index (κ1) is 13.0. The summed E-state index contributed by atoms with van der Waals surface area (Å²) in [5.74, 6) is -0.905. The Bertz CT molecular complexity index is 337. The molecule has 0 radical (unpaired) electrons. The molecule has 82 valence electrons. The van der Waals surface area contributed by atoms with Gasteiger partial charge in [0.2, 0.25) is 5.56 Å². The number of hydrogen-bond acceptors (Lipinski definition) is 3. The molecule has 1 unspecified atom stereocenters. The standard InChI is InChI=1S/C9H7Cl3O2S/c10-7(6-4-2-1-3-5-6)14-8(13)9(11,12)15/h1-5,7,15H. The topological polar surface area (TPSA) is 26.3 Å². The summed E-state index contributed by atoms with van der Waals surface area (Å²) < 4.78 is 2.90. The second kappa shape index (κ2) is 5.30. The van der Waals surface area contributed by atoms with E-state index in [0.29, 0.717) is 5.56 Å². The zero-order valence-corrected chi connectivity index (χ0v) is 10.5. The van der Waals surface area contributed by atoms with Crippen LogP contribution in [0.1, 0.15) is 11.1 Å². The molecule has 0 aliphatic carbocycles. The fraction of sp³-hybridized carbons (Fsp3) is 0.222. The minimum atomic E-state index is -1.89. The molecule has 1 atom stereocenters. The first-order valence-corrected chi connectivity index (χ1v) is 5.55. The fourth-order valence-electron chi connectivity index (χ4n) is 0.837. The van der Waals surface area contributed by atoms with E-state index in [-0.39, 0.29) is 0 Å². The summed E-state index contributed by atoms with van der Waals surface area (Å²) >= 11 is 20.3. The van der Waals surface area contributed by atoms with E-state index in [0.717, 1.165) is 0 Å². The van der Waals surface area contributed by atoms with Crippen molar-refractivity contribution in [2.45, 2.75) is 9.23 Å². The SMILES string of the molecule is O=C(OC(Cl)c1ccccc1)C(S)(Cl)Cl. The van der Waals surface area contributed by atoms with Crippen LogP contribution in [-0.4, -0.2) is 9.63 Å². The van der Waals surface area contributed by atoms with E-state index >= 15 is 0 Å². The smallest absolute Gasteiger partial charge is 0.354 e. The van der Waals surface area contributed by atoms with Crippen molar-refractivity contribution in [2.24, 2.45) is 0 Å². The summed E-state index contributed by atoms with van der Waals surface area (Å²) in [4.78, 5) is 11.2. The highest BCUT2D eigenvalue weighted by Crippen LogP contribution is 2.31. The van der Waals surface area contributed by atoms with E-state index in [1.807, 2.05) is 6.07 Å². The van der Waals surface area contributed by atoms with Crippen LogP contribution >= 0.6 is 47.4 Å². The summed E-state index contributed by atoms with van der Waals surface area (Å²) in [7, 11) is 0. The third-order valence-electron chi connectivity index (χ3n) is 1.52. The Morgan fingerprint density at radius 1 is 1.33 bits per heavy atom. The van der Waals surface area contributed by atoms with Gasteiger partial charge in [-0.05, 0) is 0 Å². The van der Waals surface area contributed by atoms with E-state index in [1.165, 1.54) is 0 Å². The second-order valence-electron chi connectivity index (χ2n) is 2.67. The Morgan fingerprint density at radius 2 is 1.87 bits per heavy atom. The van der Waals surface area contributed by atoms with Crippen molar-refractivity contribution < 1.29 is 9.53 Å². The van der Waals surface area contributed by atoms with Crippen molar-refractivity contribution in [1.82, 2.24) is 0 Å². The average Bonchev–Trinajstić information content (AvgIpc) is 2.17. The van der Waals surface area contributed by atoms with Crippen LogP contribution in [0.3, 0.4) is 0 Å². The number of carbonyl (C=O) groups is 1. The normalized spacial score (nSPS) is 13.3. The maximum Gasteiger partial charge on any atom is 0.354 e. The van der Waals surface area contributed by atoms with E-state index in [1.54, 1.807) is 24.3 Å². The molecule has 15 heavy (non-hydrogen) atoms. The first-order valence-electron chi connectivity index (χ1n) is 3.91. The molecule has 0 amide bonds. The van der Waals surface area contributed by atoms with Crippen LogP contribution in [0.2, 0.25) is 0 Å². The summed E-state index contributed by atoms with van der Waals surface area (Å²) in [6.45, 7) is 0. The highest BCUT2D eigenvalue weighted by Gasteiger charge is 2.32. The van der Waals surface area contributed by atoms with Crippen LogP contribution < -0.4 is 0 Å². The lowest BCUT2D eigenvalue weighted by Gasteiger charge is -2.15. The molecule has 1 aromatic rings. The highest BCUT2D eigenvalue weighted by molar-refractivity contribution is 7.86. The molecule has 1 aromatic carbocycles. The number of hydrogen-bond donors (Lipinski definition) is 1. The predicted molar refractivity (Wildman–Crippen MR) is 64.6 cm³/mol. The zero-order chi connectivity index (χ0) is 11.5. The Balaban J connectivity index is 2.65. The third kappa shape index (κ3) is 4.11. The van der Waals surface area contributed by atoms with Gasteiger partial charge in [0.25, 0.3) is 3.67 Å². The van der Waals surface area contributed by atoms with Crippen molar-refractivity contribution in [2.75, 3.05) is 0 Å². The number of rotatable bonds is 3. The van der Waals surface area contributed by atoms with Gasteiger partial charge in [-0.15, -0.1) is 12.6 Å². The van der Waals surface area contributed by atoms with Gasteiger partial charge in [0, 0.05) is 5.56 Å². The van der Waals surface area contributed by atoms with Crippen molar-refractivity contribution in [3.05, 3.63) is 35.9 Å². The van der Waals surface area contributed by atoms with Gasteiger partial charge in [-0.1, -0.05) is 65.1 Å². The first-order chi connectivity index (χ1) is 6.91. The summed E-state index contributed by atoms with van der Waals surface area (Å²) in [5, 5.41) is 0. The molecule has 2 nitrogen and oxygen atoms in total. The maximum absolute atomic E-state index is 11.2. The molecule has 0 aliphatic heterocycles. The summed E-state index contributed by atoms with van der Waals surface area (Å²) in [5.41, 5.74) is -0.291. The molecule has 0 bridgehead atoms. The third-order valence-corrected chi connectivity index (χ3v) is 2.35. The van der Waals surface area contributed by atoms with Gasteiger partial charge in [0.1, 0.15) is 0 Å². The molecular formula is C9H7Cl3O2S. The average molecular weight is 286 g/mol. The van der Waals surface area contributed by atoms with Crippen LogP contribution in [0.25, 0.3) is 0 Å². The lowest BCUT2D eigenvalue weighted by molar-refractivity contribution is -0.144. The van der Waals surface area contributed by atoms with Gasteiger partial charge in [0.05, 0.1) is 0 Å². The van der Waals surface area contributed by atoms with Crippen molar-refractivity contribution in [3.63, 3.8) is 0 Å². The maximum atomic E-state index is 11.2. The molecule has 0 spiro atoms. The summed E-state index contributed by atoms with van der Waals surface area (Å²) in [6, 6.07) is 8.80. The lowest BCUT2D eigenvalue weighted by Crippen LogP contribution is -2.22. The van der Waals surface area contributed by atoms with E-state index < -0.39 is 15.2 Å². The van der Waals surface area contributed by atoms with E-state index in [2.05, 4.69) is 12.6 Å². The van der Waals surface area contributed by atoms with Crippen LogP contribution in [0.5, 0.6) is 0 Å². The number of benzene rings is 1. The molecule has 1 rings (SSSR count). The number of esters is 1. The van der Waals surface area contributed by atoms with Crippen molar-refractivity contribution in [3.8, 4) is 0 Å². The lowest BCUT2D eigenvalue weighted by atomic mass is 10.2. The number of carbonyl (C=O) groups excluding carboxylic acids is 1. The largest absolute Gasteiger partial charge is 0.439 e. The second-order valence-corrected chi connectivity index (χ2v) is 5.59. The van der Waals surface area contributed by atoms with Gasteiger partial charge in [-0.3, -0.25) is 0 Å². The molecule has 0 heterocycles. The Hall–Kier alpha value is -0.0900. The molecular weight excluding hydrogens is 279 g/mol. The highest BCUT2D eigenvalue weighted by atomic mass is 35.5. The molecule has 0 saturated heterocycles. The monoisotopic (exact) mass is 284 g/mol. The van der Waals surface area contributed by atoms with Gasteiger partial charge >= 0.3 is 5.97 Å². The summed E-state index contributed by atoms with van der Waals surface area (Å²) in [6.07, 6.45) is 0. The number of ether oxygens (including phenoxy) is 1. The minimum absolute atomic E-state index is 0.637. The van der Waals surface area contributed by atoms with Crippen molar-refractivity contribution in [1.29, 1.82) is 0 Å². The minimum Gasteiger partial charge on any atom is -0.439 e. The Kier molecular flexibility index (Phi) is 4.59. The van der Waals surface area contributed by atoms with Gasteiger partial charge in [-0.25, -0.2) is 4.79 Å². The van der Waals surface area contributed by atoms with E-state index in [4.69, 9.17) is 39.5 Å². The Morgan fingerprint density at radius 3 is 2.33 bits per heavy atom. The van der Waals surface area contributed by atoms with Gasteiger partial charge < -0.3 is 4.74 Å². The molecule has 0 aliphatic rings. The molecule has 0 N–H and O–H groups in total. The molecule has 0 fully saturated rings. The van der Waals surface area contributed by atoms with Gasteiger partial charge in [0.15, 0.2) is 0 Å². The van der Waals surface area contributed by atoms with Crippen LogP contribution in [0.4, 0.5) is 0 Å². The zero-order valence-electron chi connectivity index (χ0n) is 7.36. The number of alkyl halides is 3. The number of halogens is 3.